The summed E-state index contributed by atoms with van der Waals surface area (Å²) in [6.45, 7) is 0. The van der Waals surface area contributed by atoms with E-state index in [0.717, 1.165) is 5.39 Å². The van der Waals surface area contributed by atoms with E-state index in [9.17, 15) is 14.9 Å². The highest BCUT2D eigenvalue weighted by atomic mass is 32.1. The van der Waals surface area contributed by atoms with Crippen LogP contribution in [0.5, 0.6) is 5.75 Å². The molecule has 0 radical (unpaired) electrons. The molecule has 2 aromatic carbocycles. The third-order valence-electron chi connectivity index (χ3n) is 4.20. The Morgan fingerprint density at radius 3 is 2.80 bits per heavy atom. The Balaban J connectivity index is 1.53. The second-order valence-corrected chi connectivity index (χ2v) is 6.94. The third-order valence-corrected chi connectivity index (χ3v) is 4.95. The lowest BCUT2D eigenvalue weighted by atomic mass is 10.1. The molecule has 0 saturated carbocycles. The van der Waals surface area contributed by atoms with Crippen LogP contribution in [-0.4, -0.2) is 23.2 Å². The molecule has 2 aromatic heterocycles. The summed E-state index contributed by atoms with van der Waals surface area (Å²) in [5, 5.41) is 17.7. The maximum absolute atomic E-state index is 12.4. The number of nitrogens with one attached hydrogen (secondary N) is 1. The first-order valence-corrected chi connectivity index (χ1v) is 9.53. The second kappa shape index (κ2) is 8.13. The predicted octanol–water partition coefficient (Wildman–Crippen LogP) is 4.28. The minimum absolute atomic E-state index is 0.0107. The molecule has 0 amide bonds. The van der Waals surface area contributed by atoms with Gasteiger partial charge in [-0.25, -0.2) is 9.78 Å². The number of hydrazone groups is 1. The van der Waals surface area contributed by atoms with Crippen molar-refractivity contribution in [3.8, 4) is 17.0 Å². The Bertz CT molecular complexity index is 1310. The molecule has 30 heavy (non-hydrogen) atoms. The molecular weight excluding hydrogens is 408 g/mol. The van der Waals surface area contributed by atoms with E-state index in [0.29, 0.717) is 33.3 Å². The number of rotatable bonds is 6. The topological polar surface area (TPSA) is 120 Å². The number of non-ortho nitro benzene ring substituents is 1. The molecule has 0 bridgehead atoms. The highest BCUT2D eigenvalue weighted by molar-refractivity contribution is 7.14. The number of anilines is 1. The standard InChI is InChI=1S/C20H14N4O5S/c1-28-17-4-2-3-13-9-15(19(25)29-18(13)17)16-11-30-20(22-16)23-21-10-12-5-7-14(8-6-12)24(26)27/h2-11H,1H3,(H,22,23)/b21-10+. The molecule has 10 heteroatoms. The van der Waals surface area contributed by atoms with Crippen molar-refractivity contribution in [2.45, 2.75) is 0 Å². The van der Waals surface area contributed by atoms with Crippen molar-refractivity contribution in [1.29, 1.82) is 0 Å². The van der Waals surface area contributed by atoms with Crippen molar-refractivity contribution < 1.29 is 14.1 Å². The average molecular weight is 422 g/mol. The minimum atomic E-state index is -0.516. The maximum Gasteiger partial charge on any atom is 0.345 e. The number of fused-ring (bicyclic) bond motifs is 1. The van der Waals surface area contributed by atoms with Gasteiger partial charge in [-0.1, -0.05) is 12.1 Å². The van der Waals surface area contributed by atoms with Gasteiger partial charge in [0.25, 0.3) is 5.69 Å². The first-order chi connectivity index (χ1) is 14.5. The lowest BCUT2D eigenvalue weighted by molar-refractivity contribution is -0.384. The summed E-state index contributed by atoms with van der Waals surface area (Å²) in [4.78, 5) is 27.0. The van der Waals surface area contributed by atoms with Crippen LogP contribution in [0, 0.1) is 10.1 Å². The van der Waals surface area contributed by atoms with Gasteiger partial charge in [-0.05, 0) is 29.8 Å². The number of aromatic nitrogens is 1. The van der Waals surface area contributed by atoms with Gasteiger partial charge >= 0.3 is 5.63 Å². The molecule has 0 aliphatic heterocycles. The summed E-state index contributed by atoms with van der Waals surface area (Å²) in [5.74, 6) is 0.484. The van der Waals surface area contributed by atoms with Crippen molar-refractivity contribution in [1.82, 2.24) is 4.98 Å². The van der Waals surface area contributed by atoms with Gasteiger partial charge in [-0.3, -0.25) is 15.5 Å². The van der Waals surface area contributed by atoms with E-state index in [4.69, 9.17) is 9.15 Å². The van der Waals surface area contributed by atoms with Gasteiger partial charge < -0.3 is 9.15 Å². The third kappa shape index (κ3) is 3.89. The minimum Gasteiger partial charge on any atom is -0.493 e. The number of nitrogens with zero attached hydrogens (tertiary/aromatic N) is 3. The van der Waals surface area contributed by atoms with Gasteiger partial charge in [0.15, 0.2) is 11.3 Å². The summed E-state index contributed by atoms with van der Waals surface area (Å²) in [7, 11) is 1.51. The van der Waals surface area contributed by atoms with E-state index in [1.807, 2.05) is 12.1 Å². The number of nitro benzene ring substituents is 1. The number of nitro groups is 1. The average Bonchev–Trinajstić information content (AvgIpc) is 3.22. The van der Waals surface area contributed by atoms with Crippen molar-refractivity contribution in [3.05, 3.63) is 80.0 Å². The van der Waals surface area contributed by atoms with Crippen LogP contribution in [-0.2, 0) is 0 Å². The summed E-state index contributed by atoms with van der Waals surface area (Å²) in [6.07, 6.45) is 1.52. The maximum atomic E-state index is 12.4. The van der Waals surface area contributed by atoms with Crippen LogP contribution in [0.1, 0.15) is 5.56 Å². The van der Waals surface area contributed by atoms with Gasteiger partial charge in [0.1, 0.15) is 0 Å². The molecule has 0 atom stereocenters. The van der Waals surface area contributed by atoms with Crippen molar-refractivity contribution >= 4 is 39.3 Å². The number of ether oxygens (including phenoxy) is 1. The van der Waals surface area contributed by atoms with Crippen LogP contribution in [0.3, 0.4) is 0 Å². The zero-order valence-electron chi connectivity index (χ0n) is 15.6. The normalized spacial score (nSPS) is 11.1. The first-order valence-electron chi connectivity index (χ1n) is 8.65. The Morgan fingerprint density at radius 1 is 1.27 bits per heavy atom. The molecule has 2 heterocycles. The number of hydrogen-bond donors (Lipinski definition) is 1. The molecule has 0 spiro atoms. The molecule has 1 N–H and O–H groups in total. The molecule has 9 nitrogen and oxygen atoms in total. The van der Waals surface area contributed by atoms with Gasteiger partial charge in [0, 0.05) is 22.9 Å². The van der Waals surface area contributed by atoms with E-state index >= 15 is 0 Å². The summed E-state index contributed by atoms with van der Waals surface area (Å²) < 4.78 is 10.7. The molecule has 0 aliphatic rings. The van der Waals surface area contributed by atoms with E-state index < -0.39 is 10.5 Å². The molecule has 0 fully saturated rings. The van der Waals surface area contributed by atoms with Crippen molar-refractivity contribution in [2.75, 3.05) is 12.5 Å². The van der Waals surface area contributed by atoms with Crippen LogP contribution in [0.25, 0.3) is 22.2 Å². The number of methoxy groups -OCH3 is 1. The Hall–Kier alpha value is -4.05. The summed E-state index contributed by atoms with van der Waals surface area (Å²) in [5.41, 5.74) is 4.15. The van der Waals surface area contributed by atoms with Crippen molar-refractivity contribution in [2.24, 2.45) is 5.10 Å². The SMILES string of the molecule is COc1cccc2cc(-c3csc(N/N=C/c4ccc([N+](=O)[O-])cc4)n3)c(=O)oc12. The Kier molecular flexibility index (Phi) is 5.22. The van der Waals surface area contributed by atoms with Crippen LogP contribution in [0.15, 0.2) is 68.2 Å². The van der Waals surface area contributed by atoms with Crippen molar-refractivity contribution in [3.63, 3.8) is 0 Å². The van der Waals surface area contributed by atoms with Crippen LogP contribution >= 0.6 is 11.3 Å². The highest BCUT2D eigenvalue weighted by Crippen LogP contribution is 2.29. The lowest BCUT2D eigenvalue weighted by Crippen LogP contribution is -2.03. The van der Waals surface area contributed by atoms with E-state index in [1.165, 1.54) is 36.8 Å². The smallest absolute Gasteiger partial charge is 0.345 e. The Labute approximate surface area is 173 Å². The van der Waals surface area contributed by atoms with E-state index in [2.05, 4.69) is 15.5 Å². The number of para-hydroxylation sites is 1. The number of hydrogen-bond acceptors (Lipinski definition) is 9. The number of thiazole rings is 1. The highest BCUT2D eigenvalue weighted by Gasteiger charge is 2.13. The molecule has 4 aromatic rings. The fourth-order valence-corrected chi connectivity index (χ4v) is 3.41. The van der Waals surface area contributed by atoms with Crippen LogP contribution < -0.4 is 15.8 Å². The Morgan fingerprint density at radius 2 is 2.07 bits per heavy atom. The predicted molar refractivity (Wildman–Crippen MR) is 114 cm³/mol. The number of benzene rings is 2. The van der Waals surface area contributed by atoms with Gasteiger partial charge in [-0.15, -0.1) is 11.3 Å². The van der Waals surface area contributed by atoms with Crippen LogP contribution in [0.4, 0.5) is 10.8 Å². The largest absolute Gasteiger partial charge is 0.493 e. The second-order valence-electron chi connectivity index (χ2n) is 6.08. The van der Waals surface area contributed by atoms with Gasteiger partial charge in [0.05, 0.1) is 29.5 Å². The summed E-state index contributed by atoms with van der Waals surface area (Å²) in [6, 6.07) is 13.0. The quantitative estimate of drug-likeness (QED) is 0.213. The molecule has 0 unspecified atom stereocenters. The molecule has 0 aliphatic carbocycles. The zero-order chi connectivity index (χ0) is 21.1. The molecular formula is C20H14N4O5S. The molecule has 4 rings (SSSR count). The molecule has 0 saturated heterocycles. The fourth-order valence-electron chi connectivity index (χ4n) is 2.75. The van der Waals surface area contributed by atoms with Gasteiger partial charge in [-0.2, -0.15) is 5.10 Å². The zero-order valence-corrected chi connectivity index (χ0v) is 16.4. The lowest BCUT2D eigenvalue weighted by Gasteiger charge is -2.04. The summed E-state index contributed by atoms with van der Waals surface area (Å²) >= 11 is 1.28. The van der Waals surface area contributed by atoms with E-state index in [-0.39, 0.29) is 5.69 Å². The monoisotopic (exact) mass is 422 g/mol. The van der Waals surface area contributed by atoms with E-state index in [1.54, 1.807) is 29.6 Å². The van der Waals surface area contributed by atoms with Crippen LogP contribution in [0.2, 0.25) is 0 Å². The molecule has 150 valence electrons. The first kappa shape index (κ1) is 19.3. The fraction of sp³-hybridized carbons (Fsp3) is 0.0500. The van der Waals surface area contributed by atoms with Gasteiger partial charge in [0.2, 0.25) is 5.13 Å².